The first-order valence-corrected chi connectivity index (χ1v) is 6.73. The van der Waals surface area contributed by atoms with Gasteiger partial charge in [-0.3, -0.25) is 4.79 Å². The Labute approximate surface area is 121 Å². The van der Waals surface area contributed by atoms with Crippen molar-refractivity contribution in [3.63, 3.8) is 0 Å². The summed E-state index contributed by atoms with van der Waals surface area (Å²) in [5, 5.41) is 15.5. The van der Waals surface area contributed by atoms with Gasteiger partial charge in [0.25, 0.3) is 5.39 Å². The minimum Gasteiger partial charge on any atom is -0.490 e. The van der Waals surface area contributed by atoms with E-state index >= 15 is 0 Å². The fourth-order valence-electron chi connectivity index (χ4n) is 2.28. The highest BCUT2D eigenvalue weighted by atomic mass is 16.5. The van der Waals surface area contributed by atoms with Crippen LogP contribution in [0.25, 0.3) is 5.08 Å². The van der Waals surface area contributed by atoms with Crippen molar-refractivity contribution in [2.45, 2.75) is 38.3 Å². The molecule has 0 spiro atoms. The maximum absolute atomic E-state index is 12.0. The lowest BCUT2D eigenvalue weighted by molar-refractivity contribution is 0.203. The average molecular weight is 293 g/mol. The molecule has 1 aliphatic rings. The lowest BCUT2D eigenvalue weighted by atomic mass is 10.2. The number of carbonyl (C=O) groups excluding carboxylic acids is 1. The summed E-state index contributed by atoms with van der Waals surface area (Å²) >= 11 is 0. The van der Waals surface area contributed by atoms with Gasteiger partial charge >= 0.3 is 11.1 Å². The number of urea groups is 1. The molecule has 1 fully saturated rings. The third kappa shape index (κ3) is 3.72. The smallest absolute Gasteiger partial charge is 0.391 e. The van der Waals surface area contributed by atoms with E-state index in [9.17, 15) is 9.59 Å². The highest BCUT2D eigenvalue weighted by Crippen LogP contribution is 2.18. The minimum absolute atomic E-state index is 0.0710. The lowest BCUT2D eigenvalue weighted by Gasteiger charge is -2.11. The normalized spacial score (nSPS) is 14.5. The minimum atomic E-state index is -0.525. The summed E-state index contributed by atoms with van der Waals surface area (Å²) in [6.07, 6.45) is 5.15. The molecule has 2 rings (SSSR count). The number of diazo groups is 1. The Kier molecular flexibility index (Phi) is 4.77. The number of methoxy groups -OCH3 is 1. The molecule has 0 atom stereocenters. The van der Waals surface area contributed by atoms with Gasteiger partial charge in [-0.15, -0.1) is 0 Å². The summed E-state index contributed by atoms with van der Waals surface area (Å²) in [7, 11) is 1.36. The Morgan fingerprint density at radius 1 is 1.57 bits per heavy atom. The highest BCUT2D eigenvalue weighted by molar-refractivity contribution is 5.74. The lowest BCUT2D eigenvalue weighted by Crippen LogP contribution is -2.40. The van der Waals surface area contributed by atoms with E-state index < -0.39 is 6.03 Å². The van der Waals surface area contributed by atoms with Crippen LogP contribution in [0, 0.1) is 5.39 Å². The number of nitrogens with zero attached hydrogens (tertiary/aromatic N) is 3. The molecule has 21 heavy (non-hydrogen) atoms. The summed E-state index contributed by atoms with van der Waals surface area (Å²) in [5.41, 5.74) is -0.368. The van der Waals surface area contributed by atoms with Crippen molar-refractivity contribution in [1.29, 1.82) is 5.39 Å². The first kappa shape index (κ1) is 14.8. The SMILES string of the molecule is COc1coc(CN([N+]#N)C(=O)NC2CCCC2)cc1=O. The molecular weight excluding hydrogens is 276 g/mol. The second-order valence-corrected chi connectivity index (χ2v) is 4.86. The average Bonchev–Trinajstić information content (AvgIpc) is 2.97. The standard InChI is InChI=1S/C13H16N4O4/c1-20-12-8-21-10(6-11(12)18)7-17(16-14)13(19)15-9-4-2-3-5-9/h6,8-9H,2-5,7H2,1H3/p+1. The first-order valence-electron chi connectivity index (χ1n) is 6.73. The number of ether oxygens (including phenoxy) is 1. The fourth-order valence-corrected chi connectivity index (χ4v) is 2.28. The second-order valence-electron chi connectivity index (χ2n) is 4.86. The van der Waals surface area contributed by atoms with E-state index in [0.717, 1.165) is 37.0 Å². The molecule has 1 aliphatic carbocycles. The van der Waals surface area contributed by atoms with Crippen LogP contribution in [0.2, 0.25) is 0 Å². The number of hydrogen-bond donors (Lipinski definition) is 1. The molecular formula is C13H17N4O4+. The Bertz CT molecular complexity index is 601. The molecule has 1 saturated carbocycles. The summed E-state index contributed by atoms with van der Waals surface area (Å²) in [6.45, 7) is -0.145. The number of hydrogen-bond acceptors (Lipinski definition) is 5. The molecule has 0 radical (unpaired) electrons. The van der Waals surface area contributed by atoms with E-state index in [4.69, 9.17) is 14.5 Å². The van der Waals surface area contributed by atoms with Gasteiger partial charge in [-0.25, -0.2) is 4.79 Å². The van der Waals surface area contributed by atoms with Crippen molar-refractivity contribution in [2.75, 3.05) is 7.11 Å². The third-order valence-corrected chi connectivity index (χ3v) is 3.40. The van der Waals surface area contributed by atoms with Gasteiger partial charge in [0.2, 0.25) is 11.2 Å². The largest absolute Gasteiger partial charge is 0.490 e. The van der Waals surface area contributed by atoms with Gasteiger partial charge in [-0.1, -0.05) is 12.8 Å². The number of nitrogens with one attached hydrogen (secondary N) is 1. The van der Waals surface area contributed by atoms with Crippen molar-refractivity contribution in [3.8, 4) is 5.75 Å². The van der Waals surface area contributed by atoms with E-state index in [1.165, 1.54) is 13.2 Å². The molecule has 1 aromatic rings. The molecule has 8 nitrogen and oxygen atoms in total. The van der Waals surface area contributed by atoms with Crippen LogP contribution < -0.4 is 15.5 Å². The van der Waals surface area contributed by atoms with Crippen molar-refractivity contribution in [1.82, 2.24) is 10.3 Å². The molecule has 0 aromatic carbocycles. The fraction of sp³-hybridized carbons (Fsp3) is 0.538. The zero-order valence-corrected chi connectivity index (χ0v) is 11.7. The van der Waals surface area contributed by atoms with Crippen LogP contribution in [0.4, 0.5) is 4.79 Å². The maximum atomic E-state index is 12.0. The van der Waals surface area contributed by atoms with Crippen LogP contribution in [0.3, 0.4) is 0 Å². The van der Waals surface area contributed by atoms with E-state index in [0.29, 0.717) is 0 Å². The van der Waals surface area contributed by atoms with Crippen molar-refractivity contribution >= 4 is 6.03 Å². The molecule has 1 N–H and O–H groups in total. The zero-order chi connectivity index (χ0) is 15.2. The number of rotatable bonds is 4. The van der Waals surface area contributed by atoms with Gasteiger partial charge in [0.05, 0.1) is 12.1 Å². The highest BCUT2D eigenvalue weighted by Gasteiger charge is 2.29. The Morgan fingerprint density at radius 3 is 2.86 bits per heavy atom. The van der Waals surface area contributed by atoms with Crippen LogP contribution in [0.1, 0.15) is 31.4 Å². The Hall–Kier alpha value is -2.56. The summed E-state index contributed by atoms with van der Waals surface area (Å²) in [6, 6.07) is 0.771. The molecule has 1 aromatic heterocycles. The van der Waals surface area contributed by atoms with Gasteiger partial charge in [-0.05, 0) is 12.8 Å². The maximum Gasteiger partial charge on any atom is 0.391 e. The van der Waals surface area contributed by atoms with Gasteiger partial charge in [-0.2, -0.15) is 0 Å². The summed E-state index contributed by atoms with van der Waals surface area (Å²) < 4.78 is 9.96. The van der Waals surface area contributed by atoms with Gasteiger partial charge in [0.15, 0.2) is 6.54 Å². The second kappa shape index (κ2) is 6.74. The van der Waals surface area contributed by atoms with Crippen LogP contribution in [-0.2, 0) is 6.54 Å². The third-order valence-electron chi connectivity index (χ3n) is 3.40. The quantitative estimate of drug-likeness (QED) is 0.674. The van der Waals surface area contributed by atoms with Crippen molar-refractivity contribution in [3.05, 3.63) is 33.4 Å². The van der Waals surface area contributed by atoms with Gasteiger partial charge in [0, 0.05) is 12.1 Å². The van der Waals surface area contributed by atoms with E-state index in [2.05, 4.69) is 10.4 Å². The Balaban J connectivity index is 2.01. The molecule has 0 saturated heterocycles. The van der Waals surface area contributed by atoms with Crippen LogP contribution in [0.15, 0.2) is 21.5 Å². The monoisotopic (exact) mass is 293 g/mol. The zero-order valence-electron chi connectivity index (χ0n) is 11.7. The van der Waals surface area contributed by atoms with Crippen molar-refractivity contribution < 1.29 is 13.9 Å². The van der Waals surface area contributed by atoms with E-state index in [1.807, 2.05) is 0 Å². The van der Waals surface area contributed by atoms with E-state index in [1.54, 1.807) is 0 Å². The van der Waals surface area contributed by atoms with Crippen LogP contribution >= 0.6 is 0 Å². The molecule has 112 valence electrons. The molecule has 0 aliphatic heterocycles. The van der Waals surface area contributed by atoms with Crippen molar-refractivity contribution in [2.24, 2.45) is 0 Å². The number of amides is 2. The predicted octanol–water partition coefficient (Wildman–Crippen LogP) is 1.87. The first-order chi connectivity index (χ1) is 10.1. The molecule has 0 bridgehead atoms. The van der Waals surface area contributed by atoms with Gasteiger partial charge in [0.1, 0.15) is 12.0 Å². The Morgan fingerprint density at radius 2 is 2.29 bits per heavy atom. The molecule has 2 amide bonds. The summed E-state index contributed by atoms with van der Waals surface area (Å²) in [5.74, 6) is 0.266. The molecule has 8 heteroatoms. The summed E-state index contributed by atoms with van der Waals surface area (Å²) in [4.78, 5) is 23.6. The predicted molar refractivity (Wildman–Crippen MR) is 72.9 cm³/mol. The van der Waals surface area contributed by atoms with Crippen LogP contribution in [-0.4, -0.2) is 24.2 Å². The van der Waals surface area contributed by atoms with E-state index in [-0.39, 0.29) is 29.5 Å². The van der Waals surface area contributed by atoms with Crippen LogP contribution in [0.5, 0.6) is 5.75 Å². The number of carbonyl (C=O) groups is 1. The van der Waals surface area contributed by atoms with Gasteiger partial charge < -0.3 is 14.5 Å². The molecule has 0 unspecified atom stereocenters. The molecule has 1 heterocycles. The topological polar surface area (TPSA) is 99.9 Å².